The number of hydrogen-bond acceptors (Lipinski definition) is 1. The Balaban J connectivity index is 2.60. The SMILES string of the molecule is NCC1=CCCc2c(Br)cc(F)cc21. The van der Waals surface area contributed by atoms with Crippen LogP contribution in [-0.4, -0.2) is 6.54 Å². The minimum atomic E-state index is -0.211. The largest absolute Gasteiger partial charge is 0.326 e. The van der Waals surface area contributed by atoms with Crippen LogP contribution in [0.1, 0.15) is 17.5 Å². The Hall–Kier alpha value is -0.670. The van der Waals surface area contributed by atoms with Crippen LogP contribution in [0.4, 0.5) is 4.39 Å². The van der Waals surface area contributed by atoms with Crippen LogP contribution in [0.3, 0.4) is 0 Å². The number of nitrogens with two attached hydrogens (primary N) is 1. The molecular weight excluding hydrogens is 245 g/mol. The van der Waals surface area contributed by atoms with Crippen LogP contribution in [0.2, 0.25) is 0 Å². The van der Waals surface area contributed by atoms with Gasteiger partial charge in [-0.15, -0.1) is 0 Å². The van der Waals surface area contributed by atoms with Gasteiger partial charge in [0.15, 0.2) is 0 Å². The second kappa shape index (κ2) is 3.83. The number of allylic oxidation sites excluding steroid dienone is 1. The summed E-state index contributed by atoms with van der Waals surface area (Å²) in [7, 11) is 0. The summed E-state index contributed by atoms with van der Waals surface area (Å²) in [6.07, 6.45) is 4.04. The molecule has 2 rings (SSSR count). The van der Waals surface area contributed by atoms with Gasteiger partial charge in [-0.2, -0.15) is 0 Å². The normalized spacial score (nSPS) is 14.9. The van der Waals surface area contributed by atoms with Crippen LogP contribution in [0.25, 0.3) is 5.57 Å². The van der Waals surface area contributed by atoms with Crippen molar-refractivity contribution in [3.8, 4) is 0 Å². The molecule has 0 heterocycles. The zero-order chi connectivity index (χ0) is 10.1. The molecular formula is C11H11BrFN. The van der Waals surface area contributed by atoms with E-state index in [1.54, 1.807) is 6.07 Å². The second-order valence-corrected chi connectivity index (χ2v) is 4.24. The van der Waals surface area contributed by atoms with Gasteiger partial charge in [0.05, 0.1) is 0 Å². The van der Waals surface area contributed by atoms with E-state index in [4.69, 9.17) is 5.73 Å². The van der Waals surface area contributed by atoms with E-state index in [-0.39, 0.29) is 5.82 Å². The highest BCUT2D eigenvalue weighted by Gasteiger charge is 2.15. The van der Waals surface area contributed by atoms with Crippen molar-refractivity contribution < 1.29 is 4.39 Å². The van der Waals surface area contributed by atoms with E-state index >= 15 is 0 Å². The summed E-state index contributed by atoms with van der Waals surface area (Å²) in [5, 5.41) is 0. The predicted octanol–water partition coefficient (Wildman–Crippen LogP) is 2.88. The third-order valence-electron chi connectivity index (χ3n) is 2.51. The molecule has 2 N–H and O–H groups in total. The van der Waals surface area contributed by atoms with Crippen LogP contribution in [0, 0.1) is 5.82 Å². The van der Waals surface area contributed by atoms with Gasteiger partial charge in [-0.3, -0.25) is 0 Å². The van der Waals surface area contributed by atoms with Gasteiger partial charge in [-0.1, -0.05) is 22.0 Å². The van der Waals surface area contributed by atoms with Crippen molar-refractivity contribution >= 4 is 21.5 Å². The van der Waals surface area contributed by atoms with Crippen molar-refractivity contribution in [2.45, 2.75) is 12.8 Å². The molecule has 0 saturated heterocycles. The number of hydrogen-bond donors (Lipinski definition) is 1. The molecule has 0 spiro atoms. The monoisotopic (exact) mass is 255 g/mol. The fraction of sp³-hybridized carbons (Fsp3) is 0.273. The molecule has 0 radical (unpaired) electrons. The molecule has 1 aliphatic rings. The lowest BCUT2D eigenvalue weighted by Gasteiger charge is -2.18. The molecule has 1 nitrogen and oxygen atoms in total. The van der Waals surface area contributed by atoms with Crippen molar-refractivity contribution in [2.24, 2.45) is 5.73 Å². The maximum atomic E-state index is 13.2. The Morgan fingerprint density at radius 2 is 2.21 bits per heavy atom. The van der Waals surface area contributed by atoms with Gasteiger partial charge >= 0.3 is 0 Å². The van der Waals surface area contributed by atoms with E-state index in [9.17, 15) is 4.39 Å². The fourth-order valence-corrected chi connectivity index (χ4v) is 2.47. The summed E-state index contributed by atoms with van der Waals surface area (Å²) in [6, 6.07) is 3.08. The molecule has 0 aliphatic heterocycles. The molecule has 1 aliphatic carbocycles. The van der Waals surface area contributed by atoms with Crippen molar-refractivity contribution in [1.29, 1.82) is 0 Å². The summed E-state index contributed by atoms with van der Waals surface area (Å²) in [5.74, 6) is -0.211. The van der Waals surface area contributed by atoms with Crippen LogP contribution in [0.5, 0.6) is 0 Å². The molecule has 0 fully saturated rings. The van der Waals surface area contributed by atoms with Gasteiger partial charge in [-0.25, -0.2) is 4.39 Å². The standard InChI is InChI=1S/C11H11BrFN/c12-11-5-8(13)4-10-7(6-14)2-1-3-9(10)11/h2,4-5H,1,3,6,14H2. The highest BCUT2D eigenvalue weighted by Crippen LogP contribution is 2.32. The van der Waals surface area contributed by atoms with Crippen LogP contribution < -0.4 is 5.73 Å². The number of benzene rings is 1. The molecule has 0 atom stereocenters. The highest BCUT2D eigenvalue weighted by molar-refractivity contribution is 9.10. The zero-order valence-corrected chi connectivity index (χ0v) is 9.27. The van der Waals surface area contributed by atoms with E-state index in [0.29, 0.717) is 6.54 Å². The van der Waals surface area contributed by atoms with Gasteiger partial charge in [0.25, 0.3) is 0 Å². The number of rotatable bonds is 1. The van der Waals surface area contributed by atoms with E-state index in [2.05, 4.69) is 22.0 Å². The number of fused-ring (bicyclic) bond motifs is 1. The lowest BCUT2D eigenvalue weighted by molar-refractivity contribution is 0.625. The van der Waals surface area contributed by atoms with E-state index in [1.165, 1.54) is 11.6 Å². The molecule has 0 saturated carbocycles. The van der Waals surface area contributed by atoms with Gasteiger partial charge in [0.2, 0.25) is 0 Å². The Kier molecular flexibility index (Phi) is 2.70. The summed E-state index contributed by atoms with van der Waals surface area (Å²) < 4.78 is 14.0. The third kappa shape index (κ3) is 1.62. The zero-order valence-electron chi connectivity index (χ0n) is 7.69. The first-order valence-electron chi connectivity index (χ1n) is 4.59. The first-order chi connectivity index (χ1) is 6.72. The summed E-state index contributed by atoms with van der Waals surface area (Å²) in [4.78, 5) is 0. The predicted molar refractivity (Wildman–Crippen MR) is 59.5 cm³/mol. The van der Waals surface area contributed by atoms with Gasteiger partial charge in [-0.05, 0) is 41.7 Å². The molecule has 0 unspecified atom stereocenters. The molecule has 0 bridgehead atoms. The van der Waals surface area contributed by atoms with E-state index in [1.807, 2.05) is 0 Å². The Bertz CT molecular complexity index is 399. The topological polar surface area (TPSA) is 26.0 Å². The first kappa shape index (κ1) is 9.87. The van der Waals surface area contributed by atoms with Crippen molar-refractivity contribution in [3.05, 3.63) is 39.6 Å². The van der Waals surface area contributed by atoms with E-state index in [0.717, 1.165) is 28.5 Å². The van der Waals surface area contributed by atoms with Gasteiger partial charge in [0, 0.05) is 11.0 Å². The minimum Gasteiger partial charge on any atom is -0.326 e. The average molecular weight is 256 g/mol. The van der Waals surface area contributed by atoms with Crippen molar-refractivity contribution in [2.75, 3.05) is 6.54 Å². The number of halogens is 2. The Labute approximate surface area is 90.9 Å². The minimum absolute atomic E-state index is 0.211. The van der Waals surface area contributed by atoms with Crippen LogP contribution >= 0.6 is 15.9 Å². The van der Waals surface area contributed by atoms with Crippen molar-refractivity contribution in [1.82, 2.24) is 0 Å². The maximum absolute atomic E-state index is 13.2. The summed E-state index contributed by atoms with van der Waals surface area (Å²) in [5.41, 5.74) is 8.80. The molecule has 14 heavy (non-hydrogen) atoms. The Morgan fingerprint density at radius 1 is 1.43 bits per heavy atom. The fourth-order valence-electron chi connectivity index (χ4n) is 1.84. The quantitative estimate of drug-likeness (QED) is 0.821. The average Bonchev–Trinajstić information content (AvgIpc) is 2.17. The molecule has 0 aromatic heterocycles. The summed E-state index contributed by atoms with van der Waals surface area (Å²) >= 11 is 3.38. The lowest BCUT2D eigenvalue weighted by atomic mass is 9.91. The van der Waals surface area contributed by atoms with Gasteiger partial charge < -0.3 is 5.73 Å². The first-order valence-corrected chi connectivity index (χ1v) is 5.39. The third-order valence-corrected chi connectivity index (χ3v) is 3.22. The lowest BCUT2D eigenvalue weighted by Crippen LogP contribution is -2.09. The summed E-state index contributed by atoms with van der Waals surface area (Å²) in [6.45, 7) is 0.475. The van der Waals surface area contributed by atoms with Crippen LogP contribution in [-0.2, 0) is 6.42 Å². The molecule has 3 heteroatoms. The molecule has 0 amide bonds. The van der Waals surface area contributed by atoms with Crippen molar-refractivity contribution in [3.63, 3.8) is 0 Å². The Morgan fingerprint density at radius 3 is 2.93 bits per heavy atom. The maximum Gasteiger partial charge on any atom is 0.124 e. The van der Waals surface area contributed by atoms with Crippen LogP contribution in [0.15, 0.2) is 22.7 Å². The van der Waals surface area contributed by atoms with Gasteiger partial charge in [0.1, 0.15) is 5.82 Å². The highest BCUT2D eigenvalue weighted by atomic mass is 79.9. The molecule has 1 aromatic carbocycles. The van der Waals surface area contributed by atoms with E-state index < -0.39 is 0 Å². The molecule has 1 aromatic rings. The molecule has 74 valence electrons. The second-order valence-electron chi connectivity index (χ2n) is 3.39. The smallest absolute Gasteiger partial charge is 0.124 e.